The highest BCUT2D eigenvalue weighted by atomic mass is 16.6. The van der Waals surface area contributed by atoms with Crippen LogP contribution in [-0.2, 0) is 28.6 Å². The van der Waals surface area contributed by atoms with Crippen LogP contribution in [0.1, 0.15) is 284 Å². The number of carbonyl (C=O) groups is 3. The molecule has 0 aromatic heterocycles. The van der Waals surface area contributed by atoms with Crippen molar-refractivity contribution in [3.63, 3.8) is 0 Å². The molecule has 0 heterocycles. The first-order valence-electron chi connectivity index (χ1n) is 27.7. The lowest BCUT2D eigenvalue weighted by atomic mass is 10.0. The fourth-order valence-electron chi connectivity index (χ4n) is 7.97. The van der Waals surface area contributed by atoms with Gasteiger partial charge >= 0.3 is 17.9 Å². The lowest BCUT2D eigenvalue weighted by molar-refractivity contribution is -0.167. The molecule has 0 bridgehead atoms. The van der Waals surface area contributed by atoms with Crippen LogP contribution in [0.3, 0.4) is 0 Å². The first-order chi connectivity index (χ1) is 31.5. The van der Waals surface area contributed by atoms with Crippen molar-refractivity contribution in [2.75, 3.05) is 13.2 Å². The SMILES string of the molecule is CC\C=C/C=C\C=C/CCCCCCCCCC(=O)OC(COC(=O)CCCCCCCCC/C=C\CCCCCCCC)COC(=O)CCCCCCCCCCCCCCCC. The molecule has 0 aromatic rings. The van der Waals surface area contributed by atoms with Crippen molar-refractivity contribution in [3.05, 3.63) is 48.6 Å². The van der Waals surface area contributed by atoms with Gasteiger partial charge < -0.3 is 14.2 Å². The molecule has 0 N–H and O–H groups in total. The van der Waals surface area contributed by atoms with Crippen molar-refractivity contribution in [3.8, 4) is 0 Å². The second-order valence-corrected chi connectivity index (χ2v) is 18.5. The molecule has 372 valence electrons. The van der Waals surface area contributed by atoms with Gasteiger partial charge in [0.2, 0.25) is 0 Å². The second-order valence-electron chi connectivity index (χ2n) is 18.5. The van der Waals surface area contributed by atoms with Gasteiger partial charge in [0.15, 0.2) is 6.10 Å². The standard InChI is InChI=1S/C58H104O6/c1-4-7-10-13-16-19-22-25-28-29-31-33-36-39-42-45-48-51-57(60)63-54-55(53-62-56(59)50-47-44-41-38-35-32-27-24-21-18-15-12-9-6-3)64-58(61)52-49-46-43-40-37-34-30-26-23-20-17-14-11-8-5-2/h8,11,14,17,20,23,25,28,55H,4-7,9-10,12-13,15-16,18-19,21-22,24,26-27,29-54H2,1-3H3/b11-8-,17-14-,23-20-,28-25-. The Morgan fingerprint density at radius 2 is 0.625 bits per heavy atom. The monoisotopic (exact) mass is 897 g/mol. The van der Waals surface area contributed by atoms with Gasteiger partial charge in [-0.1, -0.05) is 249 Å². The summed E-state index contributed by atoms with van der Waals surface area (Å²) in [7, 11) is 0. The Labute approximate surface area is 397 Å². The molecule has 1 atom stereocenters. The Kier molecular flexibility index (Phi) is 50.8. The third kappa shape index (κ3) is 50.4. The molecule has 1 unspecified atom stereocenters. The van der Waals surface area contributed by atoms with E-state index in [2.05, 4.69) is 69.4 Å². The Balaban J connectivity index is 4.37. The molecule has 0 aromatic carbocycles. The van der Waals surface area contributed by atoms with Gasteiger partial charge in [-0.25, -0.2) is 0 Å². The van der Waals surface area contributed by atoms with E-state index in [0.29, 0.717) is 19.3 Å². The van der Waals surface area contributed by atoms with E-state index in [0.717, 1.165) is 70.6 Å². The van der Waals surface area contributed by atoms with Crippen molar-refractivity contribution >= 4 is 17.9 Å². The number of hydrogen-bond acceptors (Lipinski definition) is 6. The first-order valence-corrected chi connectivity index (χ1v) is 27.7. The van der Waals surface area contributed by atoms with Gasteiger partial charge in [0.25, 0.3) is 0 Å². The molecule has 0 aliphatic rings. The van der Waals surface area contributed by atoms with E-state index in [-0.39, 0.29) is 31.1 Å². The van der Waals surface area contributed by atoms with E-state index in [9.17, 15) is 14.4 Å². The molecule has 0 fully saturated rings. The highest BCUT2D eigenvalue weighted by molar-refractivity contribution is 5.71. The van der Waals surface area contributed by atoms with Gasteiger partial charge in [0.1, 0.15) is 13.2 Å². The Morgan fingerprint density at radius 1 is 0.328 bits per heavy atom. The second kappa shape index (κ2) is 53.0. The van der Waals surface area contributed by atoms with Crippen molar-refractivity contribution in [2.24, 2.45) is 0 Å². The molecular weight excluding hydrogens is 793 g/mol. The summed E-state index contributed by atoms with van der Waals surface area (Å²) in [6.45, 7) is 6.52. The van der Waals surface area contributed by atoms with Gasteiger partial charge in [-0.3, -0.25) is 14.4 Å². The lowest BCUT2D eigenvalue weighted by Crippen LogP contribution is -2.30. The summed E-state index contributed by atoms with van der Waals surface area (Å²) >= 11 is 0. The molecule has 0 amide bonds. The van der Waals surface area contributed by atoms with Crippen molar-refractivity contribution in [1.82, 2.24) is 0 Å². The van der Waals surface area contributed by atoms with E-state index in [1.165, 1.54) is 173 Å². The van der Waals surface area contributed by atoms with E-state index in [1.807, 2.05) is 0 Å². The van der Waals surface area contributed by atoms with E-state index in [4.69, 9.17) is 14.2 Å². The zero-order chi connectivity index (χ0) is 46.5. The molecule has 64 heavy (non-hydrogen) atoms. The van der Waals surface area contributed by atoms with E-state index in [1.54, 1.807) is 0 Å². The van der Waals surface area contributed by atoms with Gasteiger partial charge in [-0.15, -0.1) is 0 Å². The highest BCUT2D eigenvalue weighted by Gasteiger charge is 2.19. The van der Waals surface area contributed by atoms with E-state index >= 15 is 0 Å². The summed E-state index contributed by atoms with van der Waals surface area (Å²) in [6, 6.07) is 0. The topological polar surface area (TPSA) is 78.9 Å². The third-order valence-electron chi connectivity index (χ3n) is 12.1. The lowest BCUT2D eigenvalue weighted by Gasteiger charge is -2.18. The van der Waals surface area contributed by atoms with Crippen LogP contribution in [0.2, 0.25) is 0 Å². The summed E-state index contributed by atoms with van der Waals surface area (Å²) in [5.41, 5.74) is 0. The smallest absolute Gasteiger partial charge is 0.306 e. The highest BCUT2D eigenvalue weighted by Crippen LogP contribution is 2.16. The molecule has 0 aliphatic carbocycles. The number of hydrogen-bond donors (Lipinski definition) is 0. The molecule has 6 nitrogen and oxygen atoms in total. The molecule has 0 saturated carbocycles. The van der Waals surface area contributed by atoms with Crippen LogP contribution in [0.5, 0.6) is 0 Å². The van der Waals surface area contributed by atoms with Crippen molar-refractivity contribution in [2.45, 2.75) is 290 Å². The Bertz CT molecular complexity index is 1120. The van der Waals surface area contributed by atoms with Crippen LogP contribution in [0.25, 0.3) is 0 Å². The maximum absolute atomic E-state index is 12.8. The third-order valence-corrected chi connectivity index (χ3v) is 12.1. The minimum Gasteiger partial charge on any atom is -0.462 e. The summed E-state index contributed by atoms with van der Waals surface area (Å²) < 4.78 is 16.8. The fraction of sp³-hybridized carbons (Fsp3) is 0.810. The van der Waals surface area contributed by atoms with Crippen LogP contribution in [0.4, 0.5) is 0 Å². The maximum atomic E-state index is 12.8. The van der Waals surface area contributed by atoms with Crippen molar-refractivity contribution < 1.29 is 28.6 Å². The van der Waals surface area contributed by atoms with Crippen LogP contribution < -0.4 is 0 Å². The Hall–Kier alpha value is -2.63. The average Bonchev–Trinajstić information content (AvgIpc) is 3.29. The predicted molar refractivity (Wildman–Crippen MR) is 275 cm³/mol. The fourth-order valence-corrected chi connectivity index (χ4v) is 7.97. The molecular formula is C58H104O6. The van der Waals surface area contributed by atoms with Crippen LogP contribution in [-0.4, -0.2) is 37.2 Å². The van der Waals surface area contributed by atoms with Crippen LogP contribution in [0.15, 0.2) is 48.6 Å². The van der Waals surface area contributed by atoms with Crippen molar-refractivity contribution in [1.29, 1.82) is 0 Å². The predicted octanol–water partition coefficient (Wildman–Crippen LogP) is 18.3. The quantitative estimate of drug-likeness (QED) is 0.0199. The van der Waals surface area contributed by atoms with Crippen LogP contribution in [0, 0.1) is 0 Å². The zero-order valence-electron chi connectivity index (χ0n) is 42.6. The van der Waals surface area contributed by atoms with Gasteiger partial charge in [-0.2, -0.15) is 0 Å². The first kappa shape index (κ1) is 61.4. The minimum atomic E-state index is -0.778. The van der Waals surface area contributed by atoms with Gasteiger partial charge in [-0.05, 0) is 64.2 Å². The number of esters is 3. The van der Waals surface area contributed by atoms with Gasteiger partial charge in [0.05, 0.1) is 0 Å². The maximum Gasteiger partial charge on any atom is 0.306 e. The summed E-state index contributed by atoms with van der Waals surface area (Å²) in [4.78, 5) is 38.1. The largest absolute Gasteiger partial charge is 0.462 e. The average molecular weight is 897 g/mol. The minimum absolute atomic E-state index is 0.0766. The number of carbonyl (C=O) groups excluding carboxylic acids is 3. The summed E-state index contributed by atoms with van der Waals surface area (Å²) in [5.74, 6) is -0.881. The number of unbranched alkanes of at least 4 members (excludes halogenated alkanes) is 33. The number of allylic oxidation sites excluding steroid dienone is 8. The normalized spacial score (nSPS) is 12.4. The summed E-state index contributed by atoms with van der Waals surface area (Å²) in [6.07, 6.45) is 63.8. The zero-order valence-corrected chi connectivity index (χ0v) is 42.6. The van der Waals surface area contributed by atoms with E-state index < -0.39 is 6.10 Å². The van der Waals surface area contributed by atoms with Gasteiger partial charge in [0, 0.05) is 19.3 Å². The number of ether oxygens (including phenoxy) is 3. The molecule has 0 rings (SSSR count). The summed E-state index contributed by atoms with van der Waals surface area (Å²) in [5, 5.41) is 0. The molecule has 0 saturated heterocycles. The molecule has 0 radical (unpaired) electrons. The molecule has 0 spiro atoms. The number of rotatable bonds is 50. The van der Waals surface area contributed by atoms with Crippen LogP contribution >= 0.6 is 0 Å². The molecule has 6 heteroatoms. The Morgan fingerprint density at radius 3 is 0.984 bits per heavy atom. The molecule has 0 aliphatic heterocycles.